The molecule has 3 rings (SSSR count). The molecule has 1 N–H and O–H groups in total. The fourth-order valence-electron chi connectivity index (χ4n) is 3.22. The summed E-state index contributed by atoms with van der Waals surface area (Å²) in [6.45, 7) is 1.21. The molecule has 1 aliphatic rings. The molecule has 0 radical (unpaired) electrons. The fraction of sp³-hybridized carbons (Fsp3) is 0.400. The molecule has 0 heterocycles. The van der Waals surface area contributed by atoms with Crippen LogP contribution in [0.2, 0.25) is 5.02 Å². The molecular formula is C20H23BrClNO2. The van der Waals surface area contributed by atoms with Crippen molar-refractivity contribution in [3.8, 4) is 11.5 Å². The summed E-state index contributed by atoms with van der Waals surface area (Å²) < 4.78 is 12.7. The van der Waals surface area contributed by atoms with Gasteiger partial charge in [-0.1, -0.05) is 52.5 Å². The lowest BCUT2D eigenvalue weighted by molar-refractivity contribution is 0.280. The predicted octanol–water partition coefficient (Wildman–Crippen LogP) is 5.72. The maximum atomic E-state index is 6.14. The first-order valence-electron chi connectivity index (χ1n) is 8.63. The molecule has 0 aliphatic heterocycles. The normalized spacial score (nSPS) is 14.7. The Morgan fingerprint density at radius 2 is 2.00 bits per heavy atom. The van der Waals surface area contributed by atoms with Crippen LogP contribution in [0.1, 0.15) is 36.8 Å². The molecule has 134 valence electrons. The topological polar surface area (TPSA) is 30.5 Å². The monoisotopic (exact) mass is 423 g/mol. The lowest BCUT2D eigenvalue weighted by Gasteiger charge is -2.19. The van der Waals surface area contributed by atoms with Gasteiger partial charge in [-0.25, -0.2) is 0 Å². The predicted molar refractivity (Wildman–Crippen MR) is 106 cm³/mol. The number of halogens is 2. The number of benzene rings is 2. The van der Waals surface area contributed by atoms with E-state index in [-0.39, 0.29) is 0 Å². The molecule has 1 aliphatic carbocycles. The molecule has 2 aromatic carbocycles. The molecule has 0 saturated heterocycles. The molecule has 0 spiro atoms. The van der Waals surface area contributed by atoms with E-state index in [0.29, 0.717) is 17.7 Å². The van der Waals surface area contributed by atoms with E-state index in [0.717, 1.165) is 33.6 Å². The molecule has 0 aromatic heterocycles. The molecule has 3 nitrogen and oxygen atoms in total. The van der Waals surface area contributed by atoms with E-state index in [1.807, 2.05) is 36.4 Å². The first-order chi connectivity index (χ1) is 12.2. The Hall–Kier alpha value is -1.23. The zero-order chi connectivity index (χ0) is 17.6. The average Bonchev–Trinajstić information content (AvgIpc) is 3.12. The number of methoxy groups -OCH3 is 1. The molecule has 0 unspecified atom stereocenters. The molecule has 0 bridgehead atoms. The van der Waals surface area contributed by atoms with Crippen LogP contribution in [0.3, 0.4) is 0 Å². The highest BCUT2D eigenvalue weighted by Crippen LogP contribution is 2.37. The Bertz CT molecular complexity index is 717. The van der Waals surface area contributed by atoms with Crippen LogP contribution in [0, 0.1) is 0 Å². The minimum absolute atomic E-state index is 0.448. The SMILES string of the molecule is COc1ccc(Br)c(CNC2CCCC2)c1OCc1cccc(Cl)c1. The lowest BCUT2D eigenvalue weighted by Crippen LogP contribution is -2.25. The smallest absolute Gasteiger partial charge is 0.167 e. The maximum Gasteiger partial charge on any atom is 0.167 e. The van der Waals surface area contributed by atoms with Gasteiger partial charge in [-0.05, 0) is 42.7 Å². The van der Waals surface area contributed by atoms with Gasteiger partial charge in [-0.15, -0.1) is 0 Å². The van der Waals surface area contributed by atoms with E-state index in [2.05, 4.69) is 21.2 Å². The second-order valence-corrected chi connectivity index (χ2v) is 7.63. The van der Waals surface area contributed by atoms with Gasteiger partial charge in [0, 0.05) is 27.6 Å². The van der Waals surface area contributed by atoms with Gasteiger partial charge in [0.2, 0.25) is 0 Å². The van der Waals surface area contributed by atoms with Crippen LogP contribution in [0.4, 0.5) is 0 Å². The largest absolute Gasteiger partial charge is 0.493 e. The lowest BCUT2D eigenvalue weighted by atomic mass is 10.1. The van der Waals surface area contributed by atoms with Gasteiger partial charge in [-0.3, -0.25) is 0 Å². The van der Waals surface area contributed by atoms with Crippen LogP contribution in [-0.4, -0.2) is 13.2 Å². The fourth-order valence-corrected chi connectivity index (χ4v) is 3.89. The van der Waals surface area contributed by atoms with Crippen molar-refractivity contribution in [3.05, 3.63) is 57.0 Å². The number of hydrogen-bond acceptors (Lipinski definition) is 3. The van der Waals surface area contributed by atoms with E-state index in [1.54, 1.807) is 7.11 Å². The van der Waals surface area contributed by atoms with Gasteiger partial charge < -0.3 is 14.8 Å². The van der Waals surface area contributed by atoms with Gasteiger partial charge >= 0.3 is 0 Å². The average molecular weight is 425 g/mol. The number of hydrogen-bond donors (Lipinski definition) is 1. The van der Waals surface area contributed by atoms with Gasteiger partial charge in [0.1, 0.15) is 6.61 Å². The van der Waals surface area contributed by atoms with Crippen LogP contribution < -0.4 is 14.8 Å². The van der Waals surface area contributed by atoms with Gasteiger partial charge in [0.05, 0.1) is 7.11 Å². The summed E-state index contributed by atoms with van der Waals surface area (Å²) in [6, 6.07) is 12.3. The third-order valence-corrected chi connectivity index (χ3v) is 5.56. The number of rotatable bonds is 7. The number of nitrogens with one attached hydrogen (secondary N) is 1. The van der Waals surface area contributed by atoms with Gasteiger partial charge in [0.15, 0.2) is 11.5 Å². The van der Waals surface area contributed by atoms with Crippen molar-refractivity contribution in [3.63, 3.8) is 0 Å². The van der Waals surface area contributed by atoms with Crippen LogP contribution in [0.15, 0.2) is 40.9 Å². The van der Waals surface area contributed by atoms with E-state index >= 15 is 0 Å². The highest BCUT2D eigenvalue weighted by Gasteiger charge is 2.18. The standard InChI is InChI=1S/C20H23BrClNO2/c1-24-19-10-9-18(21)17(12-23-16-7-2-3-8-16)20(19)25-13-14-5-4-6-15(22)11-14/h4-6,9-11,16,23H,2-3,7-8,12-13H2,1H3. The third-order valence-electron chi connectivity index (χ3n) is 4.58. The minimum Gasteiger partial charge on any atom is -0.493 e. The van der Waals surface area contributed by atoms with Crippen molar-refractivity contribution in [2.45, 2.75) is 44.9 Å². The van der Waals surface area contributed by atoms with Crippen LogP contribution in [0.25, 0.3) is 0 Å². The zero-order valence-corrected chi connectivity index (χ0v) is 16.7. The summed E-state index contributed by atoms with van der Waals surface area (Å²) in [5.41, 5.74) is 2.12. The summed E-state index contributed by atoms with van der Waals surface area (Å²) in [7, 11) is 1.67. The third kappa shape index (κ3) is 4.90. The van der Waals surface area contributed by atoms with E-state index in [1.165, 1.54) is 25.7 Å². The Morgan fingerprint density at radius 1 is 1.20 bits per heavy atom. The van der Waals surface area contributed by atoms with Crippen LogP contribution >= 0.6 is 27.5 Å². The Kier molecular flexibility index (Phi) is 6.63. The van der Waals surface area contributed by atoms with Crippen LogP contribution in [0.5, 0.6) is 11.5 Å². The second-order valence-electron chi connectivity index (χ2n) is 6.34. The first-order valence-corrected chi connectivity index (χ1v) is 9.80. The van der Waals surface area contributed by atoms with E-state index < -0.39 is 0 Å². The molecule has 1 saturated carbocycles. The van der Waals surface area contributed by atoms with E-state index in [4.69, 9.17) is 21.1 Å². The molecular weight excluding hydrogens is 402 g/mol. The summed E-state index contributed by atoms with van der Waals surface area (Å²) >= 11 is 9.73. The van der Waals surface area contributed by atoms with Crippen molar-refractivity contribution in [1.82, 2.24) is 5.32 Å². The summed E-state index contributed by atoms with van der Waals surface area (Å²) in [5, 5.41) is 4.36. The zero-order valence-electron chi connectivity index (χ0n) is 14.4. The van der Waals surface area contributed by atoms with Crippen LogP contribution in [-0.2, 0) is 13.2 Å². The highest BCUT2D eigenvalue weighted by molar-refractivity contribution is 9.10. The molecule has 25 heavy (non-hydrogen) atoms. The molecule has 0 amide bonds. The van der Waals surface area contributed by atoms with Gasteiger partial charge in [0.25, 0.3) is 0 Å². The molecule has 5 heteroatoms. The maximum absolute atomic E-state index is 6.14. The first kappa shape index (κ1) is 18.6. The number of ether oxygens (including phenoxy) is 2. The Balaban J connectivity index is 1.78. The summed E-state index contributed by atoms with van der Waals surface area (Å²) in [4.78, 5) is 0. The highest BCUT2D eigenvalue weighted by atomic mass is 79.9. The van der Waals surface area contributed by atoms with Crippen molar-refractivity contribution >= 4 is 27.5 Å². The Labute approximate surface area is 162 Å². The van der Waals surface area contributed by atoms with E-state index in [9.17, 15) is 0 Å². The van der Waals surface area contributed by atoms with Crippen molar-refractivity contribution < 1.29 is 9.47 Å². The Morgan fingerprint density at radius 3 is 2.72 bits per heavy atom. The minimum atomic E-state index is 0.448. The molecule has 2 aromatic rings. The summed E-state index contributed by atoms with van der Waals surface area (Å²) in [6.07, 6.45) is 5.13. The molecule has 0 atom stereocenters. The molecule has 1 fully saturated rings. The van der Waals surface area contributed by atoms with Crippen molar-refractivity contribution in [2.75, 3.05) is 7.11 Å². The second kappa shape index (κ2) is 8.93. The quantitative estimate of drug-likeness (QED) is 0.616. The summed E-state index contributed by atoms with van der Waals surface area (Å²) in [5.74, 6) is 1.52. The van der Waals surface area contributed by atoms with Crippen molar-refractivity contribution in [2.24, 2.45) is 0 Å². The van der Waals surface area contributed by atoms with Crippen molar-refractivity contribution in [1.29, 1.82) is 0 Å². The van der Waals surface area contributed by atoms with Gasteiger partial charge in [-0.2, -0.15) is 0 Å².